The van der Waals surface area contributed by atoms with Crippen LogP contribution < -0.4 is 5.32 Å². The summed E-state index contributed by atoms with van der Waals surface area (Å²) in [4.78, 5) is 0. The van der Waals surface area contributed by atoms with E-state index in [1.54, 1.807) is 0 Å². The van der Waals surface area contributed by atoms with E-state index in [0.29, 0.717) is 6.04 Å². The maximum atomic E-state index is 5.84. The van der Waals surface area contributed by atoms with Crippen LogP contribution in [0.2, 0.25) is 5.02 Å². The second kappa shape index (κ2) is 7.70. The molecule has 1 unspecified atom stereocenters. The van der Waals surface area contributed by atoms with E-state index in [-0.39, 0.29) is 0 Å². The Kier molecular flexibility index (Phi) is 6.51. The van der Waals surface area contributed by atoms with Crippen LogP contribution in [0.15, 0.2) is 24.3 Å². The van der Waals surface area contributed by atoms with Gasteiger partial charge >= 0.3 is 0 Å². The van der Waals surface area contributed by atoms with Crippen molar-refractivity contribution in [1.29, 1.82) is 0 Å². The molecular weight excluding hydrogens is 218 g/mol. The summed E-state index contributed by atoms with van der Waals surface area (Å²) in [6.45, 7) is 5.54. The predicted octanol–water partition coefficient (Wildman–Crippen LogP) is 4.05. The first-order valence-corrected chi connectivity index (χ1v) is 6.61. The fraction of sp³-hybridized carbons (Fsp3) is 0.571. The first kappa shape index (κ1) is 13.5. The van der Waals surface area contributed by atoms with Gasteiger partial charge in [0.1, 0.15) is 0 Å². The predicted molar refractivity (Wildman–Crippen MR) is 72.1 cm³/mol. The van der Waals surface area contributed by atoms with Crippen LogP contribution in [0, 0.1) is 0 Å². The van der Waals surface area contributed by atoms with Gasteiger partial charge in [0.25, 0.3) is 0 Å². The van der Waals surface area contributed by atoms with Crippen molar-refractivity contribution in [2.75, 3.05) is 6.54 Å². The fourth-order valence-electron chi connectivity index (χ4n) is 1.87. The van der Waals surface area contributed by atoms with Gasteiger partial charge in [-0.05, 0) is 43.5 Å². The third kappa shape index (κ3) is 5.00. The summed E-state index contributed by atoms with van der Waals surface area (Å²) in [6.07, 6.45) is 4.83. The van der Waals surface area contributed by atoms with E-state index >= 15 is 0 Å². The van der Waals surface area contributed by atoms with Gasteiger partial charge in [-0.1, -0.05) is 44.0 Å². The van der Waals surface area contributed by atoms with Crippen LogP contribution in [-0.4, -0.2) is 12.6 Å². The van der Waals surface area contributed by atoms with E-state index < -0.39 is 0 Å². The van der Waals surface area contributed by atoms with Gasteiger partial charge in [-0.15, -0.1) is 0 Å². The van der Waals surface area contributed by atoms with Gasteiger partial charge in [0.2, 0.25) is 0 Å². The minimum Gasteiger partial charge on any atom is -0.314 e. The molecule has 0 heterocycles. The van der Waals surface area contributed by atoms with E-state index in [1.807, 2.05) is 12.1 Å². The van der Waals surface area contributed by atoms with Crippen molar-refractivity contribution >= 4 is 11.6 Å². The third-order valence-corrected chi connectivity index (χ3v) is 3.14. The van der Waals surface area contributed by atoms with E-state index in [1.165, 1.54) is 24.8 Å². The summed E-state index contributed by atoms with van der Waals surface area (Å²) in [6, 6.07) is 8.80. The average Bonchev–Trinajstić information content (AvgIpc) is 2.30. The van der Waals surface area contributed by atoms with Gasteiger partial charge in [0.05, 0.1) is 0 Å². The molecule has 1 atom stereocenters. The van der Waals surface area contributed by atoms with E-state index in [4.69, 9.17) is 11.6 Å². The number of benzene rings is 1. The SMILES string of the molecule is CCCC(CC)NCCc1ccc(Cl)cc1. The zero-order valence-corrected chi connectivity index (χ0v) is 11.1. The molecule has 0 aromatic heterocycles. The highest BCUT2D eigenvalue weighted by Crippen LogP contribution is 2.09. The summed E-state index contributed by atoms with van der Waals surface area (Å²) < 4.78 is 0. The lowest BCUT2D eigenvalue weighted by atomic mass is 10.1. The highest BCUT2D eigenvalue weighted by molar-refractivity contribution is 6.30. The van der Waals surface area contributed by atoms with Gasteiger partial charge < -0.3 is 5.32 Å². The van der Waals surface area contributed by atoms with Gasteiger partial charge in [0.15, 0.2) is 0 Å². The van der Waals surface area contributed by atoms with Crippen LogP contribution in [0.1, 0.15) is 38.7 Å². The standard InChI is InChI=1S/C14H22ClN/c1-3-5-14(4-2)16-11-10-12-6-8-13(15)9-7-12/h6-9,14,16H,3-5,10-11H2,1-2H3. The van der Waals surface area contributed by atoms with Crippen LogP contribution >= 0.6 is 11.6 Å². The molecule has 1 aromatic rings. The molecule has 0 aliphatic heterocycles. The number of rotatable bonds is 7. The Bertz CT molecular complexity index is 281. The summed E-state index contributed by atoms with van der Waals surface area (Å²) in [5.41, 5.74) is 1.35. The van der Waals surface area contributed by atoms with Crippen molar-refractivity contribution in [2.24, 2.45) is 0 Å². The highest BCUT2D eigenvalue weighted by Gasteiger charge is 2.03. The largest absolute Gasteiger partial charge is 0.314 e. The van der Waals surface area contributed by atoms with Crippen LogP contribution in [0.5, 0.6) is 0 Å². The van der Waals surface area contributed by atoms with Crippen molar-refractivity contribution < 1.29 is 0 Å². The first-order chi connectivity index (χ1) is 7.76. The Hall–Kier alpha value is -0.530. The number of hydrogen-bond donors (Lipinski definition) is 1. The fourth-order valence-corrected chi connectivity index (χ4v) is 2.00. The number of halogens is 1. The minimum atomic E-state index is 0.678. The maximum absolute atomic E-state index is 5.84. The molecule has 1 rings (SSSR count). The maximum Gasteiger partial charge on any atom is 0.0406 e. The van der Waals surface area contributed by atoms with Crippen LogP contribution in [0.25, 0.3) is 0 Å². The third-order valence-electron chi connectivity index (χ3n) is 2.89. The van der Waals surface area contributed by atoms with Crippen LogP contribution in [0.3, 0.4) is 0 Å². The van der Waals surface area contributed by atoms with Gasteiger partial charge in [0, 0.05) is 11.1 Å². The molecule has 1 aromatic carbocycles. The van der Waals surface area contributed by atoms with Crippen LogP contribution in [-0.2, 0) is 6.42 Å². The normalized spacial score (nSPS) is 12.7. The zero-order valence-electron chi connectivity index (χ0n) is 10.3. The molecule has 1 N–H and O–H groups in total. The van der Waals surface area contributed by atoms with Gasteiger partial charge in [-0.2, -0.15) is 0 Å². The van der Waals surface area contributed by atoms with E-state index in [0.717, 1.165) is 18.0 Å². The Morgan fingerprint density at radius 2 is 1.88 bits per heavy atom. The average molecular weight is 240 g/mol. The highest BCUT2D eigenvalue weighted by atomic mass is 35.5. The second-order valence-corrected chi connectivity index (χ2v) is 4.66. The lowest BCUT2D eigenvalue weighted by molar-refractivity contribution is 0.466. The second-order valence-electron chi connectivity index (χ2n) is 4.22. The number of nitrogens with one attached hydrogen (secondary N) is 1. The Labute approximate surface area is 104 Å². The number of hydrogen-bond acceptors (Lipinski definition) is 1. The zero-order chi connectivity index (χ0) is 11.8. The molecule has 2 heteroatoms. The molecule has 0 fully saturated rings. The van der Waals surface area contributed by atoms with E-state index in [9.17, 15) is 0 Å². The van der Waals surface area contributed by atoms with Crippen molar-refractivity contribution in [3.05, 3.63) is 34.9 Å². The van der Waals surface area contributed by atoms with Crippen molar-refractivity contribution in [1.82, 2.24) is 5.32 Å². The topological polar surface area (TPSA) is 12.0 Å². The van der Waals surface area contributed by atoms with Crippen LogP contribution in [0.4, 0.5) is 0 Å². The molecular formula is C14H22ClN. The van der Waals surface area contributed by atoms with Crippen molar-refractivity contribution in [3.8, 4) is 0 Å². The molecule has 0 saturated heterocycles. The van der Waals surface area contributed by atoms with Crippen molar-refractivity contribution in [2.45, 2.75) is 45.6 Å². The molecule has 0 aliphatic carbocycles. The molecule has 0 saturated carbocycles. The molecule has 0 bridgehead atoms. The molecule has 16 heavy (non-hydrogen) atoms. The Morgan fingerprint density at radius 1 is 1.19 bits per heavy atom. The van der Waals surface area contributed by atoms with E-state index in [2.05, 4.69) is 31.3 Å². The summed E-state index contributed by atoms with van der Waals surface area (Å²) in [5, 5.41) is 4.41. The van der Waals surface area contributed by atoms with Gasteiger partial charge in [-0.3, -0.25) is 0 Å². The Morgan fingerprint density at radius 3 is 2.44 bits per heavy atom. The summed E-state index contributed by atoms with van der Waals surface area (Å²) in [7, 11) is 0. The smallest absolute Gasteiger partial charge is 0.0406 e. The quantitative estimate of drug-likeness (QED) is 0.757. The first-order valence-electron chi connectivity index (χ1n) is 6.24. The van der Waals surface area contributed by atoms with Gasteiger partial charge in [-0.25, -0.2) is 0 Å². The summed E-state index contributed by atoms with van der Waals surface area (Å²) in [5.74, 6) is 0. The minimum absolute atomic E-state index is 0.678. The molecule has 0 spiro atoms. The van der Waals surface area contributed by atoms with Crippen molar-refractivity contribution in [3.63, 3.8) is 0 Å². The lowest BCUT2D eigenvalue weighted by Gasteiger charge is -2.15. The molecule has 90 valence electrons. The molecule has 0 aliphatic rings. The lowest BCUT2D eigenvalue weighted by Crippen LogP contribution is -2.30. The monoisotopic (exact) mass is 239 g/mol. The summed E-state index contributed by atoms with van der Waals surface area (Å²) >= 11 is 5.84. The molecule has 0 radical (unpaired) electrons. The Balaban J connectivity index is 2.26. The molecule has 0 amide bonds. The molecule has 1 nitrogen and oxygen atoms in total.